The number of benzene rings is 3. The number of hydrogen-bond acceptors (Lipinski definition) is 1. The lowest BCUT2D eigenvalue weighted by Crippen LogP contribution is -1.85. The number of aryl methyl sites for hydroxylation is 1. The van der Waals surface area contributed by atoms with Crippen LogP contribution in [0.25, 0.3) is 57.0 Å². The lowest BCUT2D eigenvalue weighted by atomic mass is 10.0. The Hall–Kier alpha value is -4.11. The summed E-state index contributed by atoms with van der Waals surface area (Å²) in [7, 11) is 2.08. The van der Waals surface area contributed by atoms with Crippen LogP contribution in [0.15, 0.2) is 91.1 Å². The molecule has 2 aromatic heterocycles. The van der Waals surface area contributed by atoms with Crippen LogP contribution in [-0.2, 0) is 7.05 Å². The Morgan fingerprint density at radius 2 is 1.36 bits per heavy atom. The van der Waals surface area contributed by atoms with Crippen molar-refractivity contribution in [2.45, 2.75) is 13.8 Å². The maximum Gasteiger partial charge on any atom is 0.140 e. The Bertz CT molecular complexity index is 1390. The van der Waals surface area contributed by atoms with Crippen molar-refractivity contribution in [1.29, 1.82) is 0 Å². The Morgan fingerprint density at radius 3 is 2.00 bits per heavy atom. The molecule has 5 rings (SSSR count). The highest BCUT2D eigenvalue weighted by atomic mass is 15.0. The van der Waals surface area contributed by atoms with Crippen LogP contribution < -0.4 is 0 Å². The number of para-hydroxylation sites is 1. The minimum Gasteiger partial charge on any atom is -0.350 e. The number of rotatable bonds is 5. The second-order valence-electron chi connectivity index (χ2n) is 8.22. The molecule has 0 radical (unpaired) electrons. The average molecular weight is 430 g/mol. The van der Waals surface area contributed by atoms with Crippen LogP contribution in [0.2, 0.25) is 0 Å². The zero-order valence-corrected chi connectivity index (χ0v) is 19.2. The van der Waals surface area contributed by atoms with Crippen molar-refractivity contribution in [2.24, 2.45) is 7.05 Å². The summed E-state index contributed by atoms with van der Waals surface area (Å²) in [6.45, 7) is 4.07. The predicted molar refractivity (Wildman–Crippen MR) is 141 cm³/mol. The van der Waals surface area contributed by atoms with Gasteiger partial charge in [0.25, 0.3) is 0 Å². The third-order valence-corrected chi connectivity index (χ3v) is 5.96. The highest BCUT2D eigenvalue weighted by Gasteiger charge is 2.18. The summed E-state index contributed by atoms with van der Waals surface area (Å²) >= 11 is 0. The fourth-order valence-electron chi connectivity index (χ4n) is 4.35. The first-order chi connectivity index (χ1) is 16.2. The van der Waals surface area contributed by atoms with Gasteiger partial charge < -0.3 is 9.55 Å². The number of nitrogens with zero attached hydrogens (tertiary/aromatic N) is 2. The Labute approximate surface area is 194 Å². The molecule has 2 heterocycles. The number of hydrogen-bond donors (Lipinski definition) is 1. The monoisotopic (exact) mass is 429 g/mol. The summed E-state index contributed by atoms with van der Waals surface area (Å²) in [6.07, 6.45) is 10.5. The van der Waals surface area contributed by atoms with E-state index in [1.54, 1.807) is 0 Å². The van der Waals surface area contributed by atoms with Gasteiger partial charge in [0.05, 0.1) is 11.4 Å². The van der Waals surface area contributed by atoms with Crippen LogP contribution in [0.1, 0.15) is 25.0 Å². The third kappa shape index (κ3) is 3.94. The molecule has 3 aromatic carbocycles. The molecule has 0 saturated carbocycles. The third-order valence-electron chi connectivity index (χ3n) is 5.96. The van der Waals surface area contributed by atoms with Crippen LogP contribution in [0.4, 0.5) is 0 Å². The van der Waals surface area contributed by atoms with Crippen molar-refractivity contribution in [1.82, 2.24) is 14.5 Å². The number of aromatic nitrogens is 3. The molecule has 0 aliphatic heterocycles. The van der Waals surface area contributed by atoms with Gasteiger partial charge in [-0.2, -0.15) is 0 Å². The van der Waals surface area contributed by atoms with E-state index in [1.165, 1.54) is 22.0 Å². The summed E-state index contributed by atoms with van der Waals surface area (Å²) in [5.41, 5.74) is 8.88. The van der Waals surface area contributed by atoms with Crippen LogP contribution in [-0.4, -0.2) is 14.5 Å². The molecule has 0 spiro atoms. The quantitative estimate of drug-likeness (QED) is 0.302. The van der Waals surface area contributed by atoms with Crippen molar-refractivity contribution in [3.63, 3.8) is 0 Å². The number of nitrogens with one attached hydrogen (secondary N) is 1. The van der Waals surface area contributed by atoms with Crippen LogP contribution >= 0.6 is 0 Å². The number of H-pyrrole nitrogens is 1. The lowest BCUT2D eigenvalue weighted by Gasteiger charge is -2.05. The zero-order valence-electron chi connectivity index (χ0n) is 19.2. The molecule has 3 nitrogen and oxygen atoms in total. The Balaban J connectivity index is 1.68. The van der Waals surface area contributed by atoms with Crippen molar-refractivity contribution >= 4 is 23.1 Å². The highest BCUT2D eigenvalue weighted by molar-refractivity contribution is 5.95. The molecular weight excluding hydrogens is 402 g/mol. The van der Waals surface area contributed by atoms with Gasteiger partial charge in [-0.15, -0.1) is 0 Å². The molecule has 0 atom stereocenters. The van der Waals surface area contributed by atoms with Gasteiger partial charge in [0.2, 0.25) is 0 Å². The highest BCUT2D eigenvalue weighted by Crippen LogP contribution is 2.36. The zero-order chi connectivity index (χ0) is 22.8. The van der Waals surface area contributed by atoms with Crippen molar-refractivity contribution in [3.8, 4) is 33.9 Å². The van der Waals surface area contributed by atoms with E-state index in [2.05, 4.69) is 120 Å². The van der Waals surface area contributed by atoms with E-state index in [1.807, 2.05) is 13.8 Å². The van der Waals surface area contributed by atoms with Gasteiger partial charge in [-0.3, -0.25) is 0 Å². The minimum absolute atomic E-state index is 0.881. The molecule has 0 saturated heterocycles. The van der Waals surface area contributed by atoms with Gasteiger partial charge in [0.1, 0.15) is 5.82 Å². The van der Waals surface area contributed by atoms with Crippen molar-refractivity contribution < 1.29 is 0 Å². The number of allylic oxidation sites excluding steroid dienone is 2. The standard InChI is InChI=1S/C30H27N3/c1-4-8-21-12-16-23(17-13-21)28-29(24-18-14-22(9-5-2)15-19-24)32-30(31-28)26-20-33(3)27-11-7-6-10-25(26)27/h4-20H,1-3H3,(H,31,32)/b8-4+,9-5+. The molecule has 162 valence electrons. The molecule has 3 heteroatoms. The maximum absolute atomic E-state index is 5.12. The van der Waals surface area contributed by atoms with Gasteiger partial charge in [-0.05, 0) is 31.0 Å². The molecule has 0 bridgehead atoms. The molecule has 5 aromatic rings. The molecule has 1 N–H and O–H groups in total. The summed E-state index contributed by atoms with van der Waals surface area (Å²) in [6, 6.07) is 25.6. The number of fused-ring (bicyclic) bond motifs is 1. The largest absolute Gasteiger partial charge is 0.350 e. The lowest BCUT2D eigenvalue weighted by molar-refractivity contribution is 0.969. The topological polar surface area (TPSA) is 33.6 Å². The minimum atomic E-state index is 0.881. The Kier molecular flexibility index (Phi) is 5.54. The van der Waals surface area contributed by atoms with Crippen LogP contribution in [0, 0.1) is 0 Å². The molecule has 0 aliphatic rings. The normalized spacial score (nSPS) is 11.8. The van der Waals surface area contributed by atoms with Crippen LogP contribution in [0.3, 0.4) is 0 Å². The van der Waals surface area contributed by atoms with Gasteiger partial charge in [0.15, 0.2) is 0 Å². The molecular formula is C30H27N3. The van der Waals surface area contributed by atoms with E-state index < -0.39 is 0 Å². The Morgan fingerprint density at radius 1 is 0.758 bits per heavy atom. The van der Waals surface area contributed by atoms with E-state index in [-0.39, 0.29) is 0 Å². The van der Waals surface area contributed by atoms with Crippen LogP contribution in [0.5, 0.6) is 0 Å². The molecule has 0 fully saturated rings. The van der Waals surface area contributed by atoms with Gasteiger partial charge in [0, 0.05) is 40.8 Å². The molecule has 0 aliphatic carbocycles. The summed E-state index contributed by atoms with van der Waals surface area (Å²) in [4.78, 5) is 8.78. The molecule has 33 heavy (non-hydrogen) atoms. The first kappa shape index (κ1) is 20.8. The fourth-order valence-corrected chi connectivity index (χ4v) is 4.35. The summed E-state index contributed by atoms with van der Waals surface area (Å²) in [5, 5.41) is 1.19. The summed E-state index contributed by atoms with van der Waals surface area (Å²) in [5.74, 6) is 0.881. The SMILES string of the molecule is C/C=C/c1ccc(-c2nc(-c3cn(C)c4ccccc34)[nH]c2-c2ccc(/C=C/C)cc2)cc1. The average Bonchev–Trinajstić information content (AvgIpc) is 3.43. The molecule has 0 amide bonds. The fraction of sp³-hybridized carbons (Fsp3) is 0.100. The second kappa shape index (κ2) is 8.79. The summed E-state index contributed by atoms with van der Waals surface area (Å²) < 4.78 is 2.16. The smallest absolute Gasteiger partial charge is 0.140 e. The van der Waals surface area contributed by atoms with Crippen molar-refractivity contribution in [3.05, 3.63) is 102 Å². The van der Waals surface area contributed by atoms with E-state index in [0.717, 1.165) is 33.9 Å². The van der Waals surface area contributed by atoms with E-state index in [4.69, 9.17) is 4.98 Å². The van der Waals surface area contributed by atoms with E-state index in [9.17, 15) is 0 Å². The second-order valence-corrected chi connectivity index (χ2v) is 8.22. The van der Waals surface area contributed by atoms with Gasteiger partial charge in [-0.1, -0.05) is 91.0 Å². The predicted octanol–water partition coefficient (Wildman–Crippen LogP) is 7.97. The first-order valence-corrected chi connectivity index (χ1v) is 11.3. The van der Waals surface area contributed by atoms with E-state index in [0.29, 0.717) is 0 Å². The first-order valence-electron chi connectivity index (χ1n) is 11.3. The number of aromatic amines is 1. The van der Waals surface area contributed by atoms with Gasteiger partial charge >= 0.3 is 0 Å². The maximum atomic E-state index is 5.12. The van der Waals surface area contributed by atoms with E-state index >= 15 is 0 Å². The van der Waals surface area contributed by atoms with Crippen molar-refractivity contribution in [2.75, 3.05) is 0 Å². The molecule has 0 unspecified atom stereocenters. The van der Waals surface area contributed by atoms with Gasteiger partial charge in [-0.25, -0.2) is 4.98 Å². The number of imidazole rings is 1.